The Morgan fingerprint density at radius 1 is 1.40 bits per heavy atom. The molecule has 4 rings (SSSR count). The normalized spacial score (nSPS) is 22.2. The van der Waals surface area contributed by atoms with Gasteiger partial charge in [0.15, 0.2) is 0 Å². The lowest BCUT2D eigenvalue weighted by molar-refractivity contribution is 0.139. The van der Waals surface area contributed by atoms with Gasteiger partial charge in [-0.2, -0.15) is 5.26 Å². The van der Waals surface area contributed by atoms with Crippen LogP contribution in [0.2, 0.25) is 0 Å². The first-order valence-corrected chi connectivity index (χ1v) is 9.86. The van der Waals surface area contributed by atoms with Crippen molar-refractivity contribution in [3.05, 3.63) is 52.0 Å². The first-order chi connectivity index (χ1) is 12.2. The Morgan fingerprint density at radius 3 is 2.96 bits per heavy atom. The van der Waals surface area contributed by atoms with Gasteiger partial charge in [0.1, 0.15) is 5.01 Å². The smallest absolute Gasteiger partial charge is 0.107 e. The minimum atomic E-state index is 0.539. The summed E-state index contributed by atoms with van der Waals surface area (Å²) >= 11 is 1.75. The minimum absolute atomic E-state index is 0.539. The third-order valence-electron chi connectivity index (χ3n) is 5.86. The molecule has 130 valence electrons. The molecule has 0 amide bonds. The fourth-order valence-corrected chi connectivity index (χ4v) is 4.97. The zero-order chi connectivity index (χ0) is 17.3. The molecule has 2 aromatic rings. The van der Waals surface area contributed by atoms with Crippen LogP contribution < -0.4 is 0 Å². The van der Waals surface area contributed by atoms with Crippen LogP contribution in [0.1, 0.15) is 35.4 Å². The summed E-state index contributed by atoms with van der Waals surface area (Å²) in [6.07, 6.45) is 5.82. The van der Waals surface area contributed by atoms with Gasteiger partial charge in [-0.1, -0.05) is 12.1 Å². The van der Waals surface area contributed by atoms with Gasteiger partial charge in [0, 0.05) is 24.2 Å². The van der Waals surface area contributed by atoms with Crippen LogP contribution in [-0.4, -0.2) is 41.0 Å². The van der Waals surface area contributed by atoms with E-state index >= 15 is 0 Å². The van der Waals surface area contributed by atoms with Crippen molar-refractivity contribution in [1.29, 1.82) is 5.26 Å². The Kier molecular flexibility index (Phi) is 4.60. The average molecular weight is 353 g/mol. The molecule has 2 heterocycles. The molecule has 2 fully saturated rings. The van der Waals surface area contributed by atoms with Crippen LogP contribution in [0.15, 0.2) is 35.8 Å². The van der Waals surface area contributed by atoms with E-state index in [1.807, 2.05) is 24.4 Å². The number of nitrogens with zero attached hydrogens (tertiary/aromatic N) is 4. The maximum absolute atomic E-state index is 9.05. The second kappa shape index (κ2) is 6.87. The molecule has 0 bridgehead atoms. The maximum atomic E-state index is 9.05. The average Bonchev–Trinajstić information content (AvgIpc) is 3.08. The predicted octanol–water partition coefficient (Wildman–Crippen LogP) is 3.50. The lowest BCUT2D eigenvalue weighted by atomic mass is 9.92. The quantitative estimate of drug-likeness (QED) is 0.826. The van der Waals surface area contributed by atoms with E-state index in [4.69, 9.17) is 5.26 Å². The minimum Gasteiger partial charge on any atom is -0.299 e. The first-order valence-electron chi connectivity index (χ1n) is 8.98. The lowest BCUT2D eigenvalue weighted by Gasteiger charge is -2.34. The molecule has 0 N–H and O–H groups in total. The van der Waals surface area contributed by atoms with Crippen LogP contribution in [0.25, 0.3) is 0 Å². The second-order valence-corrected chi connectivity index (χ2v) is 8.49. The molecular formula is C20H24N4S. The molecule has 0 unspecified atom stereocenters. The standard InChI is InChI=1S/C20H24N4S/c1-23(15-19-22-7-10-25-19)18-12-20(18)5-8-24(9-6-20)14-17-4-2-3-16(11-17)13-21/h2-4,7,10-11,18H,5-6,8-9,12,14-15H2,1H3/t18-/m0/s1. The zero-order valence-corrected chi connectivity index (χ0v) is 15.5. The molecule has 4 nitrogen and oxygen atoms in total. The number of aromatic nitrogens is 1. The van der Waals surface area contributed by atoms with Gasteiger partial charge in [0.2, 0.25) is 0 Å². The molecule has 0 radical (unpaired) electrons. The highest BCUT2D eigenvalue weighted by molar-refractivity contribution is 7.09. The molecule has 1 saturated carbocycles. The Hall–Kier alpha value is -1.74. The number of thiazole rings is 1. The molecule has 1 atom stereocenters. The summed E-state index contributed by atoms with van der Waals surface area (Å²) in [7, 11) is 2.25. The Labute approximate surface area is 153 Å². The van der Waals surface area contributed by atoms with Crippen LogP contribution in [-0.2, 0) is 13.1 Å². The molecule has 5 heteroatoms. The van der Waals surface area contributed by atoms with Crippen LogP contribution in [0.5, 0.6) is 0 Å². The van der Waals surface area contributed by atoms with E-state index in [1.54, 1.807) is 11.3 Å². The number of hydrogen-bond acceptors (Lipinski definition) is 5. The summed E-state index contributed by atoms with van der Waals surface area (Å²) in [6.45, 7) is 4.27. The highest BCUT2D eigenvalue weighted by atomic mass is 32.1. The van der Waals surface area contributed by atoms with E-state index in [2.05, 4.69) is 39.3 Å². The van der Waals surface area contributed by atoms with Crippen molar-refractivity contribution < 1.29 is 0 Å². The number of benzene rings is 1. The van der Waals surface area contributed by atoms with Crippen molar-refractivity contribution in [2.24, 2.45) is 5.41 Å². The summed E-state index contributed by atoms with van der Waals surface area (Å²) in [5.41, 5.74) is 2.55. The fraction of sp³-hybridized carbons (Fsp3) is 0.500. The predicted molar refractivity (Wildman–Crippen MR) is 100 cm³/mol. The van der Waals surface area contributed by atoms with Gasteiger partial charge in [0.25, 0.3) is 0 Å². The summed E-state index contributed by atoms with van der Waals surface area (Å²) in [5.74, 6) is 0. The van der Waals surface area contributed by atoms with Crippen molar-refractivity contribution in [1.82, 2.24) is 14.8 Å². The molecule has 1 saturated heterocycles. The molecule has 25 heavy (non-hydrogen) atoms. The SMILES string of the molecule is CN(Cc1nccs1)[C@H]1CC12CCN(Cc1cccc(C#N)c1)CC2. The van der Waals surface area contributed by atoms with Crippen molar-refractivity contribution in [3.8, 4) is 6.07 Å². The fourth-order valence-electron chi connectivity index (χ4n) is 4.30. The van der Waals surface area contributed by atoms with E-state index in [1.165, 1.54) is 42.9 Å². The van der Waals surface area contributed by atoms with Gasteiger partial charge in [-0.3, -0.25) is 9.80 Å². The molecule has 1 aliphatic heterocycles. The molecule has 2 aliphatic rings. The van der Waals surface area contributed by atoms with Crippen LogP contribution in [0, 0.1) is 16.7 Å². The molecule has 1 aromatic carbocycles. The van der Waals surface area contributed by atoms with Crippen molar-refractivity contribution in [2.75, 3.05) is 20.1 Å². The Bertz CT molecular complexity index is 756. The van der Waals surface area contributed by atoms with Crippen LogP contribution >= 0.6 is 11.3 Å². The second-order valence-electron chi connectivity index (χ2n) is 7.51. The molecule has 1 spiro atoms. The highest BCUT2D eigenvalue weighted by Crippen LogP contribution is 2.56. The Morgan fingerprint density at radius 2 is 2.24 bits per heavy atom. The number of nitriles is 1. The maximum Gasteiger partial charge on any atom is 0.107 e. The number of rotatable bonds is 5. The van der Waals surface area contributed by atoms with Gasteiger partial charge >= 0.3 is 0 Å². The van der Waals surface area contributed by atoms with E-state index in [0.29, 0.717) is 5.41 Å². The third kappa shape index (κ3) is 3.62. The van der Waals surface area contributed by atoms with Crippen LogP contribution in [0.4, 0.5) is 0 Å². The van der Waals surface area contributed by atoms with E-state index in [9.17, 15) is 0 Å². The monoisotopic (exact) mass is 352 g/mol. The van der Waals surface area contributed by atoms with Gasteiger partial charge in [-0.05, 0) is 62.5 Å². The van der Waals surface area contributed by atoms with Gasteiger partial charge in [-0.15, -0.1) is 11.3 Å². The summed E-state index contributed by atoms with van der Waals surface area (Å²) < 4.78 is 0. The third-order valence-corrected chi connectivity index (χ3v) is 6.63. The first kappa shape index (κ1) is 16.7. The summed E-state index contributed by atoms with van der Waals surface area (Å²) in [5, 5.41) is 12.3. The molecule has 1 aliphatic carbocycles. The van der Waals surface area contributed by atoms with Crippen molar-refractivity contribution >= 4 is 11.3 Å². The zero-order valence-electron chi connectivity index (χ0n) is 14.7. The largest absolute Gasteiger partial charge is 0.299 e. The van der Waals surface area contributed by atoms with E-state index < -0.39 is 0 Å². The van der Waals surface area contributed by atoms with Crippen LogP contribution in [0.3, 0.4) is 0 Å². The molecular weight excluding hydrogens is 328 g/mol. The van der Waals surface area contributed by atoms with Gasteiger partial charge in [0.05, 0.1) is 18.2 Å². The topological polar surface area (TPSA) is 43.2 Å². The lowest BCUT2D eigenvalue weighted by Crippen LogP contribution is -2.37. The number of hydrogen-bond donors (Lipinski definition) is 0. The van der Waals surface area contributed by atoms with Gasteiger partial charge in [-0.25, -0.2) is 4.98 Å². The number of likely N-dealkylation sites (tertiary alicyclic amines) is 1. The van der Waals surface area contributed by atoms with Crippen molar-refractivity contribution in [2.45, 2.75) is 38.4 Å². The summed E-state index contributed by atoms with van der Waals surface area (Å²) in [6, 6.07) is 11.0. The molecule has 1 aromatic heterocycles. The van der Waals surface area contributed by atoms with Crippen molar-refractivity contribution in [3.63, 3.8) is 0 Å². The number of piperidine rings is 1. The Balaban J connectivity index is 1.29. The van der Waals surface area contributed by atoms with E-state index in [0.717, 1.165) is 24.7 Å². The van der Waals surface area contributed by atoms with E-state index in [-0.39, 0.29) is 0 Å². The summed E-state index contributed by atoms with van der Waals surface area (Å²) in [4.78, 5) is 9.46. The highest BCUT2D eigenvalue weighted by Gasteiger charge is 2.56. The van der Waals surface area contributed by atoms with Gasteiger partial charge < -0.3 is 0 Å².